The Kier molecular flexibility index (Phi) is 4.05. The first-order valence-corrected chi connectivity index (χ1v) is 7.27. The second-order valence-electron chi connectivity index (χ2n) is 5.47. The number of nitrogens with two attached hydrogens (primary N) is 1. The molecule has 0 radical (unpaired) electrons. The summed E-state index contributed by atoms with van der Waals surface area (Å²) in [6.45, 7) is 2.71. The predicted molar refractivity (Wildman–Crippen MR) is 79.4 cm³/mol. The quantitative estimate of drug-likeness (QED) is 0.788. The Morgan fingerprint density at radius 3 is 2.90 bits per heavy atom. The van der Waals surface area contributed by atoms with E-state index in [9.17, 15) is 0 Å². The van der Waals surface area contributed by atoms with Crippen molar-refractivity contribution >= 4 is 11.0 Å². The topological polar surface area (TPSA) is 51.6 Å². The standard InChI is InChI=1S/C16H22N2O2/c1-18(12-6-7-12)8-9-19-11-14-13-4-2-3-5-15(13)20-16(14)10-17/h2-5,12H,6-11,17H2,1H3. The minimum absolute atomic E-state index is 0.412. The van der Waals surface area contributed by atoms with Crippen LogP contribution in [0.25, 0.3) is 11.0 Å². The molecule has 0 bridgehead atoms. The lowest BCUT2D eigenvalue weighted by molar-refractivity contribution is 0.0975. The Labute approximate surface area is 119 Å². The molecular weight excluding hydrogens is 252 g/mol. The summed E-state index contributed by atoms with van der Waals surface area (Å²) in [7, 11) is 2.17. The van der Waals surface area contributed by atoms with Crippen LogP contribution in [0.1, 0.15) is 24.2 Å². The van der Waals surface area contributed by atoms with E-state index in [0.29, 0.717) is 13.2 Å². The number of hydrogen-bond acceptors (Lipinski definition) is 4. The van der Waals surface area contributed by atoms with Crippen LogP contribution in [0.2, 0.25) is 0 Å². The molecule has 108 valence electrons. The zero-order valence-corrected chi connectivity index (χ0v) is 12.0. The van der Waals surface area contributed by atoms with Crippen molar-refractivity contribution < 1.29 is 9.15 Å². The third-order valence-corrected chi connectivity index (χ3v) is 3.97. The maximum atomic E-state index is 5.82. The number of hydrogen-bond donors (Lipinski definition) is 1. The summed E-state index contributed by atoms with van der Waals surface area (Å²) in [5, 5.41) is 1.11. The van der Waals surface area contributed by atoms with Gasteiger partial charge in [-0.25, -0.2) is 0 Å². The molecule has 1 aliphatic carbocycles. The molecule has 0 unspecified atom stereocenters. The first-order valence-electron chi connectivity index (χ1n) is 7.27. The maximum Gasteiger partial charge on any atom is 0.134 e. The van der Waals surface area contributed by atoms with Gasteiger partial charge < -0.3 is 19.8 Å². The van der Waals surface area contributed by atoms with E-state index in [2.05, 4.69) is 18.0 Å². The average Bonchev–Trinajstić information content (AvgIpc) is 3.26. The largest absolute Gasteiger partial charge is 0.459 e. The smallest absolute Gasteiger partial charge is 0.134 e. The van der Waals surface area contributed by atoms with Crippen LogP contribution in [0.5, 0.6) is 0 Å². The van der Waals surface area contributed by atoms with Gasteiger partial charge >= 0.3 is 0 Å². The van der Waals surface area contributed by atoms with E-state index in [4.69, 9.17) is 14.9 Å². The number of rotatable bonds is 7. The number of nitrogens with zero attached hydrogens (tertiary/aromatic N) is 1. The van der Waals surface area contributed by atoms with E-state index in [1.807, 2.05) is 18.2 Å². The molecular formula is C16H22N2O2. The lowest BCUT2D eigenvalue weighted by Gasteiger charge is -2.15. The molecule has 0 saturated heterocycles. The molecule has 1 aromatic carbocycles. The summed E-state index contributed by atoms with van der Waals surface area (Å²) in [5.74, 6) is 0.835. The van der Waals surface area contributed by atoms with Gasteiger partial charge in [-0.1, -0.05) is 18.2 Å². The summed E-state index contributed by atoms with van der Waals surface area (Å²) in [4.78, 5) is 2.37. The van der Waals surface area contributed by atoms with Crippen molar-refractivity contribution in [3.05, 3.63) is 35.6 Å². The molecule has 20 heavy (non-hydrogen) atoms. The monoisotopic (exact) mass is 274 g/mol. The molecule has 4 heteroatoms. The highest BCUT2D eigenvalue weighted by atomic mass is 16.5. The fourth-order valence-corrected chi connectivity index (χ4v) is 2.55. The third kappa shape index (κ3) is 2.87. The van der Waals surface area contributed by atoms with Crippen molar-refractivity contribution in [1.29, 1.82) is 0 Å². The molecule has 1 saturated carbocycles. The molecule has 2 aromatic rings. The molecule has 1 aliphatic rings. The van der Waals surface area contributed by atoms with Crippen molar-refractivity contribution in [3.8, 4) is 0 Å². The van der Waals surface area contributed by atoms with Gasteiger partial charge in [-0.05, 0) is 26.0 Å². The van der Waals surface area contributed by atoms with Crippen LogP contribution in [0.15, 0.2) is 28.7 Å². The van der Waals surface area contributed by atoms with Gasteiger partial charge in [0.05, 0.1) is 19.8 Å². The molecule has 0 amide bonds. The van der Waals surface area contributed by atoms with E-state index in [1.54, 1.807) is 0 Å². The highest BCUT2D eigenvalue weighted by Crippen LogP contribution is 2.27. The fraction of sp³-hybridized carbons (Fsp3) is 0.500. The van der Waals surface area contributed by atoms with E-state index < -0.39 is 0 Å². The van der Waals surface area contributed by atoms with Crippen LogP contribution in [-0.4, -0.2) is 31.1 Å². The Hall–Kier alpha value is -1.36. The van der Waals surface area contributed by atoms with Crippen molar-refractivity contribution in [2.75, 3.05) is 20.2 Å². The molecule has 2 N–H and O–H groups in total. The number of ether oxygens (including phenoxy) is 1. The molecule has 0 spiro atoms. The Morgan fingerprint density at radius 2 is 2.15 bits per heavy atom. The zero-order valence-electron chi connectivity index (χ0n) is 12.0. The zero-order chi connectivity index (χ0) is 13.9. The number of benzene rings is 1. The first-order chi connectivity index (χ1) is 9.79. The van der Waals surface area contributed by atoms with Gasteiger partial charge in [-0.15, -0.1) is 0 Å². The summed E-state index contributed by atoms with van der Waals surface area (Å²) < 4.78 is 11.6. The van der Waals surface area contributed by atoms with Crippen LogP contribution in [0.3, 0.4) is 0 Å². The van der Waals surface area contributed by atoms with Gasteiger partial charge in [-0.2, -0.15) is 0 Å². The normalized spacial score (nSPS) is 15.3. The van der Waals surface area contributed by atoms with Gasteiger partial charge in [0.1, 0.15) is 11.3 Å². The van der Waals surface area contributed by atoms with E-state index in [1.165, 1.54) is 12.8 Å². The number of fused-ring (bicyclic) bond motifs is 1. The SMILES string of the molecule is CN(CCOCc1c(CN)oc2ccccc12)C1CC1. The second-order valence-corrected chi connectivity index (χ2v) is 5.47. The first kappa shape index (κ1) is 13.6. The predicted octanol–water partition coefficient (Wildman–Crippen LogP) is 2.50. The minimum atomic E-state index is 0.412. The molecule has 1 fully saturated rings. The van der Waals surface area contributed by atoms with Gasteiger partial charge in [0.15, 0.2) is 0 Å². The van der Waals surface area contributed by atoms with Crippen molar-refractivity contribution in [2.24, 2.45) is 5.73 Å². The average molecular weight is 274 g/mol. The van der Waals surface area contributed by atoms with Gasteiger partial charge in [-0.3, -0.25) is 0 Å². The number of likely N-dealkylation sites (N-methyl/N-ethyl adjacent to an activating group) is 1. The summed E-state index contributed by atoms with van der Waals surface area (Å²) in [6, 6.07) is 8.81. The van der Waals surface area contributed by atoms with Gasteiger partial charge in [0, 0.05) is 23.5 Å². The van der Waals surface area contributed by atoms with Crippen LogP contribution in [0.4, 0.5) is 0 Å². The minimum Gasteiger partial charge on any atom is -0.459 e. The highest BCUT2D eigenvalue weighted by molar-refractivity contribution is 5.82. The Bertz CT molecular complexity index is 575. The van der Waals surface area contributed by atoms with Gasteiger partial charge in [0.2, 0.25) is 0 Å². The van der Waals surface area contributed by atoms with Gasteiger partial charge in [0.25, 0.3) is 0 Å². The second kappa shape index (κ2) is 5.95. The van der Waals surface area contributed by atoms with Crippen LogP contribution >= 0.6 is 0 Å². The molecule has 0 aliphatic heterocycles. The van der Waals surface area contributed by atoms with Crippen molar-refractivity contribution in [3.63, 3.8) is 0 Å². The fourth-order valence-electron chi connectivity index (χ4n) is 2.55. The molecule has 4 nitrogen and oxygen atoms in total. The molecule has 1 heterocycles. The highest BCUT2D eigenvalue weighted by Gasteiger charge is 2.25. The maximum absolute atomic E-state index is 5.82. The Morgan fingerprint density at radius 1 is 1.35 bits per heavy atom. The van der Waals surface area contributed by atoms with Crippen LogP contribution in [0, 0.1) is 0 Å². The van der Waals surface area contributed by atoms with E-state index in [-0.39, 0.29) is 0 Å². The number of para-hydroxylation sites is 1. The molecule has 0 atom stereocenters. The van der Waals surface area contributed by atoms with Crippen molar-refractivity contribution in [2.45, 2.75) is 32.0 Å². The summed E-state index contributed by atoms with van der Waals surface area (Å²) in [6.07, 6.45) is 2.67. The lowest BCUT2D eigenvalue weighted by atomic mass is 10.1. The van der Waals surface area contributed by atoms with E-state index in [0.717, 1.165) is 41.5 Å². The number of furan rings is 1. The Balaban J connectivity index is 1.61. The lowest BCUT2D eigenvalue weighted by Crippen LogP contribution is -2.25. The van der Waals surface area contributed by atoms with Crippen LogP contribution < -0.4 is 5.73 Å². The molecule has 3 rings (SSSR count). The molecule has 1 aromatic heterocycles. The van der Waals surface area contributed by atoms with E-state index >= 15 is 0 Å². The summed E-state index contributed by atoms with van der Waals surface area (Å²) >= 11 is 0. The van der Waals surface area contributed by atoms with Crippen LogP contribution in [-0.2, 0) is 17.9 Å². The summed E-state index contributed by atoms with van der Waals surface area (Å²) in [5.41, 5.74) is 7.74. The third-order valence-electron chi connectivity index (χ3n) is 3.97. The van der Waals surface area contributed by atoms with Crippen molar-refractivity contribution in [1.82, 2.24) is 4.90 Å².